The SMILES string of the molecule is COc1ccc(S(=O)(=O)NCCOc2cccc(C)c2C)cc1OC. The molecule has 25 heavy (non-hydrogen) atoms. The molecule has 0 amide bonds. The van der Waals surface area contributed by atoms with Crippen LogP contribution in [0.2, 0.25) is 0 Å². The molecule has 0 aliphatic heterocycles. The second-order valence-corrected chi connectivity index (χ2v) is 7.23. The van der Waals surface area contributed by atoms with E-state index < -0.39 is 10.0 Å². The maximum atomic E-state index is 12.4. The second-order valence-electron chi connectivity index (χ2n) is 5.46. The highest BCUT2D eigenvalue weighted by molar-refractivity contribution is 7.89. The lowest BCUT2D eigenvalue weighted by Gasteiger charge is -2.13. The lowest BCUT2D eigenvalue weighted by molar-refractivity contribution is 0.320. The lowest BCUT2D eigenvalue weighted by Crippen LogP contribution is -2.28. The van der Waals surface area contributed by atoms with Crippen molar-refractivity contribution in [2.75, 3.05) is 27.4 Å². The molecule has 0 aliphatic rings. The first-order valence-corrected chi connectivity index (χ1v) is 9.28. The molecule has 0 radical (unpaired) electrons. The van der Waals surface area contributed by atoms with E-state index in [0.29, 0.717) is 11.5 Å². The van der Waals surface area contributed by atoms with Crippen LogP contribution in [0.3, 0.4) is 0 Å². The maximum Gasteiger partial charge on any atom is 0.240 e. The van der Waals surface area contributed by atoms with E-state index >= 15 is 0 Å². The average Bonchev–Trinajstić information content (AvgIpc) is 2.61. The van der Waals surface area contributed by atoms with Gasteiger partial charge in [-0.25, -0.2) is 13.1 Å². The zero-order valence-corrected chi connectivity index (χ0v) is 15.6. The lowest BCUT2D eigenvalue weighted by atomic mass is 10.1. The third kappa shape index (κ3) is 4.64. The van der Waals surface area contributed by atoms with Crippen LogP contribution in [-0.2, 0) is 10.0 Å². The molecule has 0 saturated carbocycles. The first kappa shape index (κ1) is 19.1. The second kappa shape index (κ2) is 8.22. The number of ether oxygens (including phenoxy) is 3. The molecule has 0 fully saturated rings. The van der Waals surface area contributed by atoms with Crippen LogP contribution in [0.1, 0.15) is 11.1 Å². The summed E-state index contributed by atoms with van der Waals surface area (Å²) in [5, 5.41) is 0. The van der Waals surface area contributed by atoms with E-state index in [0.717, 1.165) is 16.9 Å². The van der Waals surface area contributed by atoms with Gasteiger partial charge < -0.3 is 14.2 Å². The van der Waals surface area contributed by atoms with E-state index in [1.54, 1.807) is 6.07 Å². The van der Waals surface area contributed by atoms with E-state index in [1.165, 1.54) is 26.4 Å². The van der Waals surface area contributed by atoms with E-state index in [4.69, 9.17) is 14.2 Å². The summed E-state index contributed by atoms with van der Waals surface area (Å²) in [6, 6.07) is 10.2. The molecule has 0 saturated heterocycles. The average molecular weight is 365 g/mol. The predicted molar refractivity (Wildman–Crippen MR) is 96.1 cm³/mol. The minimum Gasteiger partial charge on any atom is -0.493 e. The van der Waals surface area contributed by atoms with Crippen molar-refractivity contribution < 1.29 is 22.6 Å². The molecule has 7 heteroatoms. The number of rotatable bonds is 8. The van der Waals surface area contributed by atoms with Gasteiger partial charge in [0.05, 0.1) is 19.1 Å². The number of sulfonamides is 1. The summed E-state index contributed by atoms with van der Waals surface area (Å²) in [7, 11) is -0.703. The van der Waals surface area contributed by atoms with Crippen molar-refractivity contribution in [3.8, 4) is 17.2 Å². The highest BCUT2D eigenvalue weighted by atomic mass is 32.2. The maximum absolute atomic E-state index is 12.4. The summed E-state index contributed by atoms with van der Waals surface area (Å²) < 4.78 is 43.2. The predicted octanol–water partition coefficient (Wildman–Crippen LogP) is 2.68. The number of hydrogen-bond donors (Lipinski definition) is 1. The summed E-state index contributed by atoms with van der Waals surface area (Å²) in [5.74, 6) is 1.59. The quantitative estimate of drug-likeness (QED) is 0.728. The van der Waals surface area contributed by atoms with Crippen molar-refractivity contribution in [1.29, 1.82) is 0 Å². The van der Waals surface area contributed by atoms with Crippen molar-refractivity contribution in [2.24, 2.45) is 0 Å². The van der Waals surface area contributed by atoms with Gasteiger partial charge in [0.1, 0.15) is 12.4 Å². The Labute approximate surface area is 148 Å². The summed E-state index contributed by atoms with van der Waals surface area (Å²) in [4.78, 5) is 0.108. The van der Waals surface area contributed by atoms with Crippen LogP contribution in [-0.4, -0.2) is 35.8 Å². The van der Waals surface area contributed by atoms with Crippen molar-refractivity contribution in [3.63, 3.8) is 0 Å². The Balaban J connectivity index is 1.99. The van der Waals surface area contributed by atoms with Crippen LogP contribution in [0.15, 0.2) is 41.3 Å². The molecule has 0 unspecified atom stereocenters. The molecular formula is C18H23NO5S. The number of hydrogen-bond acceptors (Lipinski definition) is 5. The van der Waals surface area contributed by atoms with Gasteiger partial charge in [-0.2, -0.15) is 0 Å². The van der Waals surface area contributed by atoms with E-state index in [-0.39, 0.29) is 18.0 Å². The van der Waals surface area contributed by atoms with Gasteiger partial charge >= 0.3 is 0 Å². The van der Waals surface area contributed by atoms with Crippen molar-refractivity contribution in [2.45, 2.75) is 18.7 Å². The van der Waals surface area contributed by atoms with E-state index in [1.807, 2.05) is 32.0 Å². The molecular weight excluding hydrogens is 342 g/mol. The third-order valence-corrected chi connectivity index (χ3v) is 5.33. The summed E-state index contributed by atoms with van der Waals surface area (Å²) >= 11 is 0. The van der Waals surface area contributed by atoms with Gasteiger partial charge in [0, 0.05) is 12.6 Å². The molecule has 0 aromatic heterocycles. The van der Waals surface area contributed by atoms with Crippen LogP contribution >= 0.6 is 0 Å². The van der Waals surface area contributed by atoms with Crippen LogP contribution in [0, 0.1) is 13.8 Å². The monoisotopic (exact) mass is 365 g/mol. The summed E-state index contributed by atoms with van der Waals surface area (Å²) in [5.41, 5.74) is 2.17. The fraction of sp³-hybridized carbons (Fsp3) is 0.333. The van der Waals surface area contributed by atoms with Crippen LogP contribution in [0.4, 0.5) is 0 Å². The minimum absolute atomic E-state index is 0.108. The smallest absolute Gasteiger partial charge is 0.240 e. The molecule has 2 aromatic rings. The Bertz CT molecular complexity index is 833. The normalized spacial score (nSPS) is 11.2. The minimum atomic E-state index is -3.66. The zero-order valence-electron chi connectivity index (χ0n) is 14.8. The molecule has 6 nitrogen and oxygen atoms in total. The Morgan fingerprint density at radius 3 is 2.36 bits per heavy atom. The fourth-order valence-electron chi connectivity index (χ4n) is 2.28. The number of nitrogens with one attached hydrogen (secondary N) is 1. The summed E-state index contributed by atoms with van der Waals surface area (Å²) in [6.45, 7) is 4.36. The molecule has 0 aliphatic carbocycles. The van der Waals surface area contributed by atoms with Crippen molar-refractivity contribution in [3.05, 3.63) is 47.5 Å². The zero-order chi connectivity index (χ0) is 18.4. The molecule has 0 atom stereocenters. The number of aryl methyl sites for hydroxylation is 1. The first-order valence-electron chi connectivity index (χ1n) is 7.79. The van der Waals surface area contributed by atoms with Crippen molar-refractivity contribution >= 4 is 10.0 Å². The van der Waals surface area contributed by atoms with Gasteiger partial charge in [-0.05, 0) is 43.2 Å². The molecule has 1 N–H and O–H groups in total. The van der Waals surface area contributed by atoms with Gasteiger partial charge in [0.25, 0.3) is 0 Å². The standard InChI is InChI=1S/C18H23NO5S/c1-13-6-5-7-16(14(13)2)24-11-10-19-25(20,21)15-8-9-17(22-3)18(12-15)23-4/h5-9,12,19H,10-11H2,1-4H3. The van der Waals surface area contributed by atoms with Gasteiger partial charge in [-0.15, -0.1) is 0 Å². The topological polar surface area (TPSA) is 73.9 Å². The molecule has 0 spiro atoms. The van der Waals surface area contributed by atoms with E-state index in [9.17, 15) is 8.42 Å². The number of benzene rings is 2. The van der Waals surface area contributed by atoms with Crippen LogP contribution in [0.5, 0.6) is 17.2 Å². The molecule has 0 heterocycles. The van der Waals surface area contributed by atoms with Crippen LogP contribution < -0.4 is 18.9 Å². The fourth-order valence-corrected chi connectivity index (χ4v) is 3.31. The molecule has 2 rings (SSSR count). The van der Waals surface area contributed by atoms with E-state index in [2.05, 4.69) is 4.72 Å². The van der Waals surface area contributed by atoms with Crippen LogP contribution in [0.25, 0.3) is 0 Å². The largest absolute Gasteiger partial charge is 0.493 e. The highest BCUT2D eigenvalue weighted by Gasteiger charge is 2.16. The van der Waals surface area contributed by atoms with Gasteiger partial charge in [-0.1, -0.05) is 12.1 Å². The molecule has 0 bridgehead atoms. The number of methoxy groups -OCH3 is 2. The van der Waals surface area contributed by atoms with Crippen molar-refractivity contribution in [1.82, 2.24) is 4.72 Å². The van der Waals surface area contributed by atoms with Gasteiger partial charge in [0.15, 0.2) is 11.5 Å². The molecule has 2 aromatic carbocycles. The Morgan fingerprint density at radius 2 is 1.68 bits per heavy atom. The third-order valence-electron chi connectivity index (χ3n) is 3.87. The first-order chi connectivity index (χ1) is 11.9. The van der Waals surface area contributed by atoms with Gasteiger partial charge in [0.2, 0.25) is 10.0 Å². The Kier molecular flexibility index (Phi) is 6.27. The molecule has 136 valence electrons. The Hall–Kier alpha value is -2.25. The Morgan fingerprint density at radius 1 is 0.960 bits per heavy atom. The summed E-state index contributed by atoms with van der Waals surface area (Å²) in [6.07, 6.45) is 0. The highest BCUT2D eigenvalue weighted by Crippen LogP contribution is 2.29. The van der Waals surface area contributed by atoms with Gasteiger partial charge in [-0.3, -0.25) is 0 Å².